The Kier molecular flexibility index (Phi) is 18.7. The van der Waals surface area contributed by atoms with E-state index in [9.17, 15) is 0 Å². The van der Waals surface area contributed by atoms with Crippen LogP contribution in [0.1, 0.15) is 145 Å². The summed E-state index contributed by atoms with van der Waals surface area (Å²) in [6, 6.07) is 15.8. The fraction of sp³-hybridized carbons (Fsp3) is 0.625. The van der Waals surface area contributed by atoms with E-state index in [1.54, 1.807) is 12.4 Å². The smallest absolute Gasteiger partial charge is 0.163 e. The van der Waals surface area contributed by atoms with Gasteiger partial charge in [-0.2, -0.15) is 0 Å². The molecule has 4 rings (SSSR count). The largest absolute Gasteiger partial charge is 0.490 e. The van der Waals surface area contributed by atoms with E-state index in [0.717, 1.165) is 70.4 Å². The summed E-state index contributed by atoms with van der Waals surface area (Å²) in [4.78, 5) is 19.5. The summed E-state index contributed by atoms with van der Waals surface area (Å²) in [5.74, 6) is 5.92. The molecule has 0 spiro atoms. The molecule has 4 atom stereocenters. The molecule has 0 N–H and O–H groups in total. The number of benzene rings is 1. The van der Waals surface area contributed by atoms with E-state index in [1.807, 2.05) is 48.5 Å². The highest BCUT2D eigenvalue weighted by molar-refractivity contribution is 5.86. The predicted octanol–water partition coefficient (Wildman–Crippen LogP) is 13.8. The first-order valence-electron chi connectivity index (χ1n) is 21.5. The van der Waals surface area contributed by atoms with Crippen LogP contribution in [0, 0.1) is 35.5 Å². The van der Waals surface area contributed by atoms with Crippen molar-refractivity contribution in [3.05, 3.63) is 60.9 Å². The molecule has 0 aliphatic heterocycles. The van der Waals surface area contributed by atoms with Crippen LogP contribution >= 0.6 is 0 Å². The van der Waals surface area contributed by atoms with Crippen LogP contribution in [0.3, 0.4) is 0 Å². The van der Waals surface area contributed by atoms with Gasteiger partial charge in [-0.05, 0) is 72.6 Å². The molecule has 296 valence electrons. The molecule has 4 aromatic rings. The van der Waals surface area contributed by atoms with Crippen molar-refractivity contribution in [3.8, 4) is 34.3 Å². The highest BCUT2D eigenvalue weighted by Gasteiger charge is 2.19. The minimum absolute atomic E-state index is 0.605. The number of pyridine rings is 2. The summed E-state index contributed by atoms with van der Waals surface area (Å²) < 4.78 is 13.1. The summed E-state index contributed by atoms with van der Waals surface area (Å²) in [5, 5.41) is 0. The second-order valence-electron chi connectivity index (χ2n) is 17.3. The van der Waals surface area contributed by atoms with Crippen molar-refractivity contribution in [2.75, 3.05) is 13.2 Å². The van der Waals surface area contributed by atoms with Crippen LogP contribution < -0.4 is 9.47 Å². The molecular weight excluding hydrogens is 665 g/mol. The SMILES string of the molecule is CC(C)CCC[C@@H](C)CCC[C@@H](C)CCOc1cc2nc(-c3ccccn3)c(-c3ccccn3)nc2cc1OCC[C@H](C)CCC[C@H](C)CCCC(C)C. The Morgan fingerprint density at radius 1 is 0.444 bits per heavy atom. The zero-order valence-electron chi connectivity index (χ0n) is 35.2. The lowest BCUT2D eigenvalue weighted by atomic mass is 9.93. The highest BCUT2D eigenvalue weighted by atomic mass is 16.5. The first-order chi connectivity index (χ1) is 26.1. The molecule has 1 aromatic carbocycles. The van der Waals surface area contributed by atoms with E-state index in [-0.39, 0.29) is 0 Å². The normalized spacial score (nSPS) is 14.0. The molecule has 0 radical (unpaired) electrons. The van der Waals surface area contributed by atoms with Crippen molar-refractivity contribution >= 4 is 11.0 Å². The van der Waals surface area contributed by atoms with Crippen LogP contribution in [0.15, 0.2) is 60.9 Å². The van der Waals surface area contributed by atoms with Gasteiger partial charge in [0.1, 0.15) is 11.4 Å². The van der Waals surface area contributed by atoms with Crippen LogP contribution in [0.5, 0.6) is 11.5 Å². The van der Waals surface area contributed by atoms with Crippen molar-refractivity contribution in [1.82, 2.24) is 19.9 Å². The molecule has 6 nitrogen and oxygen atoms in total. The van der Waals surface area contributed by atoms with Crippen molar-refractivity contribution in [3.63, 3.8) is 0 Å². The lowest BCUT2D eigenvalue weighted by molar-refractivity contribution is 0.237. The molecule has 3 heterocycles. The lowest BCUT2D eigenvalue weighted by Gasteiger charge is -2.18. The quantitative estimate of drug-likeness (QED) is 0.0639. The van der Waals surface area contributed by atoms with Gasteiger partial charge >= 0.3 is 0 Å². The molecule has 6 heteroatoms. The van der Waals surface area contributed by atoms with Crippen molar-refractivity contribution < 1.29 is 9.47 Å². The number of hydrogen-bond acceptors (Lipinski definition) is 6. The average Bonchev–Trinajstić information content (AvgIpc) is 3.15. The predicted molar refractivity (Wildman–Crippen MR) is 228 cm³/mol. The Morgan fingerprint density at radius 2 is 0.796 bits per heavy atom. The summed E-state index contributed by atoms with van der Waals surface area (Å²) in [6.07, 6.45) is 21.4. The molecular formula is C48H72N4O2. The lowest BCUT2D eigenvalue weighted by Crippen LogP contribution is -2.09. The summed E-state index contributed by atoms with van der Waals surface area (Å²) >= 11 is 0. The molecule has 0 aliphatic rings. The summed E-state index contributed by atoms with van der Waals surface area (Å²) in [6.45, 7) is 20.2. The molecule has 54 heavy (non-hydrogen) atoms. The van der Waals surface area contributed by atoms with Gasteiger partial charge in [0.15, 0.2) is 11.5 Å². The highest BCUT2D eigenvalue weighted by Crippen LogP contribution is 2.36. The number of hydrogen-bond donors (Lipinski definition) is 0. The number of nitrogens with zero attached hydrogens (tertiary/aromatic N) is 4. The number of aromatic nitrogens is 4. The van der Waals surface area contributed by atoms with Crippen LogP contribution in [0.2, 0.25) is 0 Å². The van der Waals surface area contributed by atoms with Gasteiger partial charge < -0.3 is 9.47 Å². The zero-order valence-corrected chi connectivity index (χ0v) is 35.2. The summed E-state index contributed by atoms with van der Waals surface area (Å²) in [5.41, 5.74) is 4.45. The van der Waals surface area contributed by atoms with Gasteiger partial charge in [0, 0.05) is 24.5 Å². The first kappa shape index (κ1) is 43.2. The topological polar surface area (TPSA) is 70.0 Å². The van der Waals surface area contributed by atoms with E-state index in [1.165, 1.54) is 77.0 Å². The van der Waals surface area contributed by atoms with E-state index < -0.39 is 0 Å². The molecule has 0 bridgehead atoms. The van der Waals surface area contributed by atoms with Gasteiger partial charge in [0.25, 0.3) is 0 Å². The van der Waals surface area contributed by atoms with Crippen LogP contribution in [-0.4, -0.2) is 33.1 Å². The Morgan fingerprint density at radius 3 is 1.13 bits per heavy atom. The van der Waals surface area contributed by atoms with Gasteiger partial charge in [-0.1, -0.05) is 145 Å². The molecule has 0 saturated heterocycles. The van der Waals surface area contributed by atoms with Gasteiger partial charge in [-0.15, -0.1) is 0 Å². The fourth-order valence-corrected chi connectivity index (χ4v) is 7.35. The number of fused-ring (bicyclic) bond motifs is 1. The van der Waals surface area contributed by atoms with Gasteiger partial charge in [0.05, 0.1) is 35.6 Å². The number of rotatable bonds is 26. The Hall–Kier alpha value is -3.54. The minimum atomic E-state index is 0.605. The standard InChI is InChI=1S/C48H72N4O2/c1-35(2)17-13-19-37(5)21-15-23-39(7)27-31-53-45-33-43-44(34-46(45)54-32-28-40(8)24-16-22-38(6)20-14-18-36(3)4)52-48(42-26-10-12-30-50-42)47(51-43)41-25-9-11-29-49-41/h9-12,25-26,29-30,33-40H,13-24,27-28,31-32H2,1-8H3/t37-,38-,39-,40-/m1/s1. The second-order valence-corrected chi connectivity index (χ2v) is 17.3. The zero-order chi connectivity index (χ0) is 38.7. The van der Waals surface area contributed by atoms with E-state index in [0.29, 0.717) is 36.4 Å². The first-order valence-corrected chi connectivity index (χ1v) is 21.5. The molecule has 0 amide bonds. The van der Waals surface area contributed by atoms with Crippen LogP contribution in [-0.2, 0) is 0 Å². The van der Waals surface area contributed by atoms with Crippen LogP contribution in [0.4, 0.5) is 0 Å². The average molecular weight is 737 g/mol. The molecule has 0 aliphatic carbocycles. The fourth-order valence-electron chi connectivity index (χ4n) is 7.35. The van der Waals surface area contributed by atoms with Crippen molar-refractivity contribution in [2.45, 2.75) is 145 Å². The molecule has 3 aromatic heterocycles. The third-order valence-corrected chi connectivity index (χ3v) is 11.0. The monoisotopic (exact) mass is 737 g/mol. The van der Waals surface area contributed by atoms with Gasteiger partial charge in [-0.25, -0.2) is 9.97 Å². The Labute approximate surface area is 328 Å². The van der Waals surface area contributed by atoms with E-state index in [4.69, 9.17) is 19.4 Å². The van der Waals surface area contributed by atoms with Crippen molar-refractivity contribution in [1.29, 1.82) is 0 Å². The summed E-state index contributed by atoms with van der Waals surface area (Å²) in [7, 11) is 0. The molecule has 0 saturated carbocycles. The van der Waals surface area contributed by atoms with Gasteiger partial charge in [-0.3, -0.25) is 9.97 Å². The molecule has 0 fully saturated rings. The Balaban J connectivity index is 1.44. The number of ether oxygens (including phenoxy) is 2. The van der Waals surface area contributed by atoms with E-state index in [2.05, 4.69) is 65.4 Å². The van der Waals surface area contributed by atoms with Crippen molar-refractivity contribution in [2.24, 2.45) is 35.5 Å². The maximum absolute atomic E-state index is 6.55. The van der Waals surface area contributed by atoms with Crippen LogP contribution in [0.25, 0.3) is 33.8 Å². The maximum Gasteiger partial charge on any atom is 0.163 e. The second kappa shape index (κ2) is 23.4. The maximum atomic E-state index is 6.55. The van der Waals surface area contributed by atoms with Gasteiger partial charge in [0.2, 0.25) is 0 Å². The third-order valence-electron chi connectivity index (χ3n) is 11.0. The Bertz CT molecular complexity index is 1490. The third kappa shape index (κ3) is 15.3. The van der Waals surface area contributed by atoms with E-state index >= 15 is 0 Å². The molecule has 0 unspecified atom stereocenters. The minimum Gasteiger partial charge on any atom is -0.490 e.